The van der Waals surface area contributed by atoms with Gasteiger partial charge in [0.2, 0.25) is 0 Å². The average Bonchev–Trinajstić information content (AvgIpc) is 3.44. The van der Waals surface area contributed by atoms with Crippen molar-refractivity contribution in [3.05, 3.63) is 65.8 Å². The molecule has 1 aliphatic rings. The van der Waals surface area contributed by atoms with Crippen LogP contribution in [0.3, 0.4) is 0 Å². The molecule has 0 bridgehead atoms. The number of ether oxygens (including phenoxy) is 2. The molecule has 4 aromatic rings. The Balaban J connectivity index is 1.31. The first-order valence-electron chi connectivity index (χ1n) is 8.91. The number of thiazole rings is 1. The average molecular weight is 405 g/mol. The van der Waals surface area contributed by atoms with Crippen LogP contribution in [-0.4, -0.2) is 39.1 Å². The van der Waals surface area contributed by atoms with Gasteiger partial charge >= 0.3 is 0 Å². The maximum Gasteiger partial charge on any atom is 0.279 e. The fraction of sp³-hybridized carbons (Fsp3) is 0.100. The van der Waals surface area contributed by atoms with E-state index in [1.165, 1.54) is 22.3 Å². The van der Waals surface area contributed by atoms with E-state index in [1.807, 2.05) is 53.9 Å². The predicted molar refractivity (Wildman–Crippen MR) is 108 cm³/mol. The zero-order chi connectivity index (χ0) is 19.6. The number of anilines is 1. The number of fused-ring (bicyclic) bond motifs is 1. The lowest BCUT2D eigenvalue weighted by Gasteiger charge is -2.18. The molecule has 0 saturated heterocycles. The van der Waals surface area contributed by atoms with E-state index in [0.717, 1.165) is 22.7 Å². The van der Waals surface area contributed by atoms with Crippen molar-refractivity contribution in [1.29, 1.82) is 0 Å². The lowest BCUT2D eigenvalue weighted by atomic mass is 10.1. The largest absolute Gasteiger partial charge is 0.486 e. The number of amides is 1. The maximum atomic E-state index is 12.5. The normalized spacial score (nSPS) is 12.6. The van der Waals surface area contributed by atoms with Crippen molar-refractivity contribution in [2.24, 2.45) is 0 Å². The Labute approximate surface area is 169 Å². The van der Waals surface area contributed by atoms with Gasteiger partial charge in [-0.3, -0.25) is 10.1 Å². The molecule has 0 unspecified atom stereocenters. The van der Waals surface area contributed by atoms with Crippen molar-refractivity contribution in [2.45, 2.75) is 0 Å². The monoisotopic (exact) mass is 405 g/mol. The molecule has 0 spiro atoms. The molecule has 0 saturated carbocycles. The number of carbonyl (C=O) groups is 1. The van der Waals surface area contributed by atoms with Crippen LogP contribution in [-0.2, 0) is 0 Å². The van der Waals surface area contributed by atoms with Crippen LogP contribution in [0.1, 0.15) is 10.5 Å². The van der Waals surface area contributed by atoms with E-state index in [9.17, 15) is 4.79 Å². The summed E-state index contributed by atoms with van der Waals surface area (Å²) in [7, 11) is 0. The van der Waals surface area contributed by atoms with Crippen LogP contribution in [0.25, 0.3) is 16.9 Å². The fourth-order valence-electron chi connectivity index (χ4n) is 2.88. The molecule has 144 valence electrons. The van der Waals surface area contributed by atoms with Crippen LogP contribution >= 0.6 is 11.3 Å². The first-order valence-corrected chi connectivity index (χ1v) is 9.79. The first kappa shape index (κ1) is 17.4. The van der Waals surface area contributed by atoms with Crippen molar-refractivity contribution < 1.29 is 14.3 Å². The molecule has 3 heterocycles. The van der Waals surface area contributed by atoms with Gasteiger partial charge in [-0.05, 0) is 30.3 Å². The number of rotatable bonds is 4. The smallest absolute Gasteiger partial charge is 0.279 e. The second-order valence-corrected chi connectivity index (χ2v) is 7.06. The summed E-state index contributed by atoms with van der Waals surface area (Å²) in [5.41, 5.74) is 2.63. The highest BCUT2D eigenvalue weighted by Gasteiger charge is 2.16. The molecule has 29 heavy (non-hydrogen) atoms. The summed E-state index contributed by atoms with van der Waals surface area (Å²) >= 11 is 1.34. The van der Waals surface area contributed by atoms with Gasteiger partial charge in [0.1, 0.15) is 13.2 Å². The number of nitrogens with zero attached hydrogens (tertiary/aromatic N) is 4. The Morgan fingerprint density at radius 1 is 1.07 bits per heavy atom. The molecule has 9 heteroatoms. The number of hydrogen-bond acceptors (Lipinski definition) is 7. The molecule has 1 aliphatic heterocycles. The minimum Gasteiger partial charge on any atom is -0.486 e. The maximum absolute atomic E-state index is 12.5. The van der Waals surface area contributed by atoms with Crippen LogP contribution in [0.15, 0.2) is 60.1 Å². The number of nitrogens with one attached hydrogen (secondary N) is 1. The van der Waals surface area contributed by atoms with E-state index < -0.39 is 0 Å². The molecular formula is C20H15N5O3S. The van der Waals surface area contributed by atoms with E-state index in [1.54, 1.807) is 0 Å². The molecule has 0 aliphatic carbocycles. The number of hydrogen-bond donors (Lipinski definition) is 1. The van der Waals surface area contributed by atoms with E-state index in [0.29, 0.717) is 24.1 Å². The molecular weight excluding hydrogens is 390 g/mol. The van der Waals surface area contributed by atoms with Crippen molar-refractivity contribution in [1.82, 2.24) is 20.0 Å². The molecule has 0 atom stereocenters. The SMILES string of the molecule is O=C(Nc1nc(-c2ccc3c(c2)OCCO3)cs1)c1cnn(-c2ccccc2)n1. The number of carbonyl (C=O) groups excluding carboxylic acids is 1. The molecule has 2 aromatic carbocycles. The topological polar surface area (TPSA) is 91.2 Å². The Morgan fingerprint density at radius 3 is 2.76 bits per heavy atom. The zero-order valence-electron chi connectivity index (χ0n) is 15.1. The van der Waals surface area contributed by atoms with Crippen molar-refractivity contribution in [3.8, 4) is 28.4 Å². The highest BCUT2D eigenvalue weighted by molar-refractivity contribution is 7.14. The Hall–Kier alpha value is -3.72. The van der Waals surface area contributed by atoms with Crippen molar-refractivity contribution in [2.75, 3.05) is 18.5 Å². The predicted octanol–water partition coefficient (Wildman–Crippen LogP) is 3.41. The first-order chi connectivity index (χ1) is 14.3. The summed E-state index contributed by atoms with van der Waals surface area (Å²) in [4.78, 5) is 18.4. The van der Waals surface area contributed by atoms with Gasteiger partial charge < -0.3 is 9.47 Å². The molecule has 1 N–H and O–H groups in total. The van der Waals surface area contributed by atoms with Gasteiger partial charge in [-0.1, -0.05) is 18.2 Å². The number of aromatic nitrogens is 4. The third-order valence-electron chi connectivity index (χ3n) is 4.27. The van der Waals surface area contributed by atoms with Crippen molar-refractivity contribution in [3.63, 3.8) is 0 Å². The summed E-state index contributed by atoms with van der Waals surface area (Å²) in [5, 5.41) is 13.5. The summed E-state index contributed by atoms with van der Waals surface area (Å²) in [6.45, 7) is 1.08. The third kappa shape index (κ3) is 3.55. The van der Waals surface area contributed by atoms with Gasteiger partial charge in [-0.25, -0.2) is 4.98 Å². The Kier molecular flexibility index (Phi) is 4.41. The summed E-state index contributed by atoms with van der Waals surface area (Å²) in [5.74, 6) is 1.06. The van der Waals surface area contributed by atoms with Crippen LogP contribution in [0, 0.1) is 0 Å². The van der Waals surface area contributed by atoms with Crippen molar-refractivity contribution >= 4 is 22.4 Å². The van der Waals surface area contributed by atoms with E-state index in [2.05, 4.69) is 20.5 Å². The molecule has 2 aromatic heterocycles. The molecule has 0 fully saturated rings. The Bertz CT molecular complexity index is 1170. The quantitative estimate of drug-likeness (QED) is 0.559. The highest BCUT2D eigenvalue weighted by atomic mass is 32.1. The standard InChI is InChI=1S/C20H15N5O3S/c26-19(15-11-21-25(24-15)14-4-2-1-3-5-14)23-20-22-16(12-29-20)13-6-7-17-18(10-13)28-9-8-27-17/h1-7,10-12H,8-9H2,(H,22,23,26). The highest BCUT2D eigenvalue weighted by Crippen LogP contribution is 2.35. The second kappa shape index (κ2) is 7.36. The number of para-hydroxylation sites is 1. The van der Waals surface area contributed by atoms with Crippen LogP contribution in [0.2, 0.25) is 0 Å². The van der Waals surface area contributed by atoms with Gasteiger partial charge in [-0.2, -0.15) is 9.90 Å². The fourth-order valence-corrected chi connectivity index (χ4v) is 3.60. The Morgan fingerprint density at radius 2 is 1.90 bits per heavy atom. The minimum atomic E-state index is -0.366. The van der Waals surface area contributed by atoms with Crippen LogP contribution in [0.5, 0.6) is 11.5 Å². The summed E-state index contributed by atoms with van der Waals surface area (Å²) < 4.78 is 11.2. The van der Waals surface area contributed by atoms with E-state index >= 15 is 0 Å². The molecule has 1 amide bonds. The molecule has 0 radical (unpaired) electrons. The molecule has 8 nitrogen and oxygen atoms in total. The van der Waals surface area contributed by atoms with Gasteiger partial charge in [0.25, 0.3) is 5.91 Å². The van der Waals surface area contributed by atoms with E-state index in [-0.39, 0.29) is 11.6 Å². The number of benzene rings is 2. The minimum absolute atomic E-state index is 0.213. The van der Waals surface area contributed by atoms with Gasteiger partial charge in [0, 0.05) is 10.9 Å². The van der Waals surface area contributed by atoms with E-state index in [4.69, 9.17) is 9.47 Å². The molecule has 5 rings (SSSR count). The third-order valence-corrected chi connectivity index (χ3v) is 5.03. The van der Waals surface area contributed by atoms with Gasteiger partial charge in [0.05, 0.1) is 17.6 Å². The van der Waals surface area contributed by atoms with Gasteiger partial charge in [0.15, 0.2) is 22.3 Å². The van der Waals surface area contributed by atoms with Crippen LogP contribution in [0.4, 0.5) is 5.13 Å². The summed E-state index contributed by atoms with van der Waals surface area (Å²) in [6.07, 6.45) is 1.43. The summed E-state index contributed by atoms with van der Waals surface area (Å²) in [6, 6.07) is 15.1. The van der Waals surface area contributed by atoms with Crippen LogP contribution < -0.4 is 14.8 Å². The zero-order valence-corrected chi connectivity index (χ0v) is 15.9. The lowest BCUT2D eigenvalue weighted by Crippen LogP contribution is -2.15. The van der Waals surface area contributed by atoms with Gasteiger partial charge in [-0.15, -0.1) is 16.4 Å². The lowest BCUT2D eigenvalue weighted by molar-refractivity contribution is 0.102. The second-order valence-electron chi connectivity index (χ2n) is 6.21.